The molecule has 2 amide bonds. The minimum Gasteiger partial charge on any atom is -0.467 e. The maximum atomic E-state index is 12.6. The maximum absolute atomic E-state index is 12.6. The molecular weight excluding hydrogens is 420 g/mol. The van der Waals surface area contributed by atoms with E-state index in [4.69, 9.17) is 4.74 Å². The lowest BCUT2D eigenvalue weighted by Crippen LogP contribution is -2.37. The van der Waals surface area contributed by atoms with Crippen molar-refractivity contribution < 1.29 is 23.9 Å². The Kier molecular flexibility index (Phi) is 10.3. The van der Waals surface area contributed by atoms with Gasteiger partial charge in [0.2, 0.25) is 11.8 Å². The van der Waals surface area contributed by atoms with E-state index in [1.54, 1.807) is 31.2 Å². The predicted molar refractivity (Wildman–Crippen MR) is 125 cm³/mol. The van der Waals surface area contributed by atoms with Crippen LogP contribution >= 0.6 is 0 Å². The first-order chi connectivity index (χ1) is 15.8. The van der Waals surface area contributed by atoms with Crippen LogP contribution in [0.2, 0.25) is 0 Å². The molecule has 2 rings (SSSR count). The Bertz CT molecular complexity index is 930. The molecule has 0 radical (unpaired) electrons. The summed E-state index contributed by atoms with van der Waals surface area (Å²) in [6.07, 6.45) is 2.07. The van der Waals surface area contributed by atoms with Gasteiger partial charge < -0.3 is 15.4 Å². The molecule has 0 spiro atoms. The fourth-order valence-electron chi connectivity index (χ4n) is 3.49. The first kappa shape index (κ1) is 25.8. The molecule has 0 aliphatic heterocycles. The zero-order chi connectivity index (χ0) is 24.2. The maximum Gasteiger partial charge on any atom is 0.333 e. The van der Waals surface area contributed by atoms with Crippen molar-refractivity contribution in [2.24, 2.45) is 5.92 Å². The largest absolute Gasteiger partial charge is 0.467 e. The van der Waals surface area contributed by atoms with Crippen molar-refractivity contribution in [1.29, 1.82) is 0 Å². The Morgan fingerprint density at radius 3 is 1.88 bits per heavy atom. The second-order valence-electron chi connectivity index (χ2n) is 8.04. The molecule has 2 aromatic rings. The number of amides is 2. The highest BCUT2D eigenvalue weighted by Crippen LogP contribution is 2.18. The van der Waals surface area contributed by atoms with Gasteiger partial charge in [-0.05, 0) is 30.9 Å². The van der Waals surface area contributed by atoms with Gasteiger partial charge in [-0.3, -0.25) is 14.4 Å². The van der Waals surface area contributed by atoms with Gasteiger partial charge in [0.25, 0.3) is 0 Å². The van der Waals surface area contributed by atoms with Gasteiger partial charge in [-0.25, -0.2) is 4.79 Å². The Labute approximate surface area is 194 Å². The Morgan fingerprint density at radius 2 is 1.36 bits per heavy atom. The first-order valence-electron chi connectivity index (χ1n) is 11.1. The Hall–Kier alpha value is -3.48. The highest BCUT2D eigenvalue weighted by molar-refractivity contribution is 5.88. The van der Waals surface area contributed by atoms with Crippen LogP contribution in [0, 0.1) is 5.92 Å². The normalized spacial score (nSPS) is 13.3. The highest BCUT2D eigenvalue weighted by Gasteiger charge is 2.25. The Morgan fingerprint density at radius 1 is 0.818 bits per heavy atom. The third-order valence-corrected chi connectivity index (χ3v) is 5.44. The molecule has 0 saturated carbocycles. The third kappa shape index (κ3) is 8.18. The quantitative estimate of drug-likeness (QED) is 0.378. The van der Waals surface area contributed by atoms with Gasteiger partial charge in [0, 0.05) is 12.3 Å². The molecular formula is C26H32N2O5. The summed E-state index contributed by atoms with van der Waals surface area (Å²) in [6.45, 7) is 3.24. The van der Waals surface area contributed by atoms with Crippen LogP contribution in [0.15, 0.2) is 60.7 Å². The fraction of sp³-hybridized carbons (Fsp3) is 0.385. The van der Waals surface area contributed by atoms with Crippen LogP contribution in [-0.4, -0.2) is 30.7 Å². The molecule has 3 atom stereocenters. The number of rotatable bonds is 12. The topological polar surface area (TPSA) is 102 Å². The van der Waals surface area contributed by atoms with Gasteiger partial charge in [-0.15, -0.1) is 0 Å². The van der Waals surface area contributed by atoms with Crippen molar-refractivity contribution in [1.82, 2.24) is 10.6 Å². The summed E-state index contributed by atoms with van der Waals surface area (Å²) in [5.41, 5.74) is 1.40. The molecule has 0 aliphatic rings. The third-order valence-electron chi connectivity index (χ3n) is 5.44. The molecule has 7 nitrogen and oxygen atoms in total. The first-order valence-corrected chi connectivity index (χ1v) is 11.1. The number of carbonyl (C=O) groups excluding carboxylic acids is 4. The summed E-state index contributed by atoms with van der Waals surface area (Å²) in [5, 5.41) is 5.55. The number of esters is 1. The van der Waals surface area contributed by atoms with Gasteiger partial charge in [0.1, 0.15) is 6.04 Å². The summed E-state index contributed by atoms with van der Waals surface area (Å²) in [7, 11) is 1.29. The van der Waals surface area contributed by atoms with Gasteiger partial charge in [0.15, 0.2) is 11.8 Å². The number of nitrogens with one attached hydrogen (secondary N) is 2. The van der Waals surface area contributed by atoms with E-state index in [0.29, 0.717) is 24.8 Å². The standard InChI is InChI=1S/C26H32N2O5/c1-18(25(31)28-24(26(32)33-3)21-15-8-5-9-16-21)12-10-11-17-22(30)27-23(19(2)29)20-13-6-4-7-14-20/h4-9,13-16,18,23-24H,10-12,17H2,1-3H3,(H,27,30)(H,28,31)/t18-,23-,24+/m1/s1. The molecule has 0 aromatic heterocycles. The lowest BCUT2D eigenvalue weighted by Gasteiger charge is -2.19. The van der Waals surface area contributed by atoms with E-state index >= 15 is 0 Å². The predicted octanol–water partition coefficient (Wildman–Crippen LogP) is 3.66. The molecule has 0 heterocycles. The molecule has 176 valence electrons. The minimum atomic E-state index is -0.863. The molecule has 0 fully saturated rings. The number of carbonyl (C=O) groups is 4. The molecule has 2 aromatic carbocycles. The second-order valence-corrected chi connectivity index (χ2v) is 8.04. The second kappa shape index (κ2) is 13.2. The molecule has 0 unspecified atom stereocenters. The minimum absolute atomic E-state index is 0.126. The van der Waals surface area contributed by atoms with Gasteiger partial charge in [0.05, 0.1) is 7.11 Å². The number of Topliss-reactive ketones (excluding diaryl/α,β-unsaturated/α-hetero) is 1. The Balaban J connectivity index is 1.80. The van der Waals surface area contributed by atoms with Crippen molar-refractivity contribution in [2.75, 3.05) is 7.11 Å². The number of unbranched alkanes of at least 4 members (excludes halogenated alkanes) is 1. The number of ketones is 1. The summed E-state index contributed by atoms with van der Waals surface area (Å²) in [5.74, 6) is -1.45. The summed E-state index contributed by atoms with van der Waals surface area (Å²) in [6, 6.07) is 16.5. The molecule has 0 aliphatic carbocycles. The van der Waals surface area contributed by atoms with Crippen LogP contribution in [0.5, 0.6) is 0 Å². The van der Waals surface area contributed by atoms with Crippen LogP contribution in [0.1, 0.15) is 62.7 Å². The van der Waals surface area contributed by atoms with Crippen molar-refractivity contribution in [3.63, 3.8) is 0 Å². The number of benzene rings is 2. The molecule has 33 heavy (non-hydrogen) atoms. The van der Waals surface area contributed by atoms with Crippen molar-refractivity contribution in [2.45, 2.75) is 51.6 Å². The van der Waals surface area contributed by atoms with Crippen molar-refractivity contribution in [3.8, 4) is 0 Å². The molecule has 0 saturated heterocycles. The monoisotopic (exact) mass is 452 g/mol. The van der Waals surface area contributed by atoms with E-state index in [1.165, 1.54) is 14.0 Å². The summed E-state index contributed by atoms with van der Waals surface area (Å²) in [4.78, 5) is 49.0. The van der Waals surface area contributed by atoms with Crippen molar-refractivity contribution >= 4 is 23.6 Å². The van der Waals surface area contributed by atoms with Crippen LogP contribution in [0.3, 0.4) is 0 Å². The van der Waals surface area contributed by atoms with E-state index < -0.39 is 18.1 Å². The lowest BCUT2D eigenvalue weighted by atomic mass is 10.00. The fourth-order valence-corrected chi connectivity index (χ4v) is 3.49. The zero-order valence-corrected chi connectivity index (χ0v) is 19.4. The molecule has 7 heteroatoms. The van der Waals surface area contributed by atoms with E-state index in [9.17, 15) is 19.2 Å². The number of methoxy groups -OCH3 is 1. The van der Waals surface area contributed by atoms with E-state index in [2.05, 4.69) is 10.6 Å². The van der Waals surface area contributed by atoms with Crippen LogP contribution in [-0.2, 0) is 23.9 Å². The summed E-state index contributed by atoms with van der Waals surface area (Å²) >= 11 is 0. The lowest BCUT2D eigenvalue weighted by molar-refractivity contribution is -0.145. The summed E-state index contributed by atoms with van der Waals surface area (Å²) < 4.78 is 4.83. The van der Waals surface area contributed by atoms with E-state index in [-0.39, 0.29) is 29.9 Å². The SMILES string of the molecule is COC(=O)[C@@H](NC(=O)[C@H](C)CCCCC(=O)N[C@H](C(C)=O)c1ccccc1)c1ccccc1. The van der Waals surface area contributed by atoms with Crippen LogP contribution in [0.25, 0.3) is 0 Å². The average Bonchev–Trinajstić information content (AvgIpc) is 2.83. The smallest absolute Gasteiger partial charge is 0.333 e. The van der Waals surface area contributed by atoms with Crippen LogP contribution < -0.4 is 10.6 Å². The van der Waals surface area contributed by atoms with Crippen LogP contribution in [0.4, 0.5) is 0 Å². The zero-order valence-electron chi connectivity index (χ0n) is 19.4. The van der Waals surface area contributed by atoms with Gasteiger partial charge >= 0.3 is 5.97 Å². The van der Waals surface area contributed by atoms with E-state index in [1.807, 2.05) is 36.4 Å². The number of hydrogen-bond donors (Lipinski definition) is 2. The molecule has 2 N–H and O–H groups in total. The number of ether oxygens (including phenoxy) is 1. The highest BCUT2D eigenvalue weighted by atomic mass is 16.5. The van der Waals surface area contributed by atoms with Gasteiger partial charge in [-0.2, -0.15) is 0 Å². The number of hydrogen-bond acceptors (Lipinski definition) is 5. The van der Waals surface area contributed by atoms with Gasteiger partial charge in [-0.1, -0.05) is 74.0 Å². The van der Waals surface area contributed by atoms with E-state index in [0.717, 1.165) is 5.56 Å². The average molecular weight is 453 g/mol. The molecule has 0 bridgehead atoms. The van der Waals surface area contributed by atoms with Crippen molar-refractivity contribution in [3.05, 3.63) is 71.8 Å².